The Morgan fingerprint density at radius 2 is 2.10 bits per heavy atom. The summed E-state index contributed by atoms with van der Waals surface area (Å²) < 4.78 is 7.23. The van der Waals surface area contributed by atoms with Crippen molar-refractivity contribution < 1.29 is 9.53 Å². The number of imidazole rings is 1. The van der Waals surface area contributed by atoms with Crippen LogP contribution in [0, 0.1) is 5.92 Å². The molecule has 106 valence electrons. The van der Waals surface area contributed by atoms with Crippen LogP contribution in [0.15, 0.2) is 24.5 Å². The molecular weight excluding hydrogens is 254 g/mol. The summed E-state index contributed by atoms with van der Waals surface area (Å²) >= 11 is 0. The Hall–Kier alpha value is -1.88. The maximum absolute atomic E-state index is 12.1. The van der Waals surface area contributed by atoms with Gasteiger partial charge in [-0.1, -0.05) is 13.8 Å². The summed E-state index contributed by atoms with van der Waals surface area (Å²) in [6, 6.07) is 4.07. The van der Waals surface area contributed by atoms with Gasteiger partial charge < -0.3 is 9.64 Å². The number of fused-ring (bicyclic) bond motifs is 1. The molecule has 5 heteroatoms. The van der Waals surface area contributed by atoms with Crippen LogP contribution >= 0.6 is 0 Å². The summed E-state index contributed by atoms with van der Waals surface area (Å²) in [5.41, 5.74) is 2.61. The number of rotatable bonds is 3. The lowest BCUT2D eigenvalue weighted by molar-refractivity contribution is 0.0933. The van der Waals surface area contributed by atoms with Crippen LogP contribution in [-0.4, -0.2) is 41.5 Å². The molecule has 0 bridgehead atoms. The molecule has 0 unspecified atom stereocenters. The summed E-state index contributed by atoms with van der Waals surface area (Å²) in [5, 5.41) is 0. The lowest BCUT2D eigenvalue weighted by Gasteiger charge is -2.28. The van der Waals surface area contributed by atoms with E-state index in [1.165, 1.54) is 0 Å². The van der Waals surface area contributed by atoms with Crippen LogP contribution in [-0.2, 0) is 4.74 Å². The zero-order valence-electron chi connectivity index (χ0n) is 11.9. The molecule has 2 aromatic heterocycles. The van der Waals surface area contributed by atoms with E-state index in [-0.39, 0.29) is 11.7 Å². The molecule has 0 saturated carbocycles. The number of anilines is 1. The highest BCUT2D eigenvalue weighted by Crippen LogP contribution is 2.20. The first-order valence-corrected chi connectivity index (χ1v) is 7.01. The second kappa shape index (κ2) is 5.25. The number of carbonyl (C=O) groups excluding carboxylic acids is 1. The van der Waals surface area contributed by atoms with Crippen molar-refractivity contribution in [3.63, 3.8) is 0 Å². The van der Waals surface area contributed by atoms with Crippen molar-refractivity contribution in [2.45, 2.75) is 13.8 Å². The third-order valence-corrected chi connectivity index (χ3v) is 3.65. The van der Waals surface area contributed by atoms with E-state index in [2.05, 4.69) is 9.88 Å². The van der Waals surface area contributed by atoms with Gasteiger partial charge in [-0.15, -0.1) is 0 Å². The molecule has 3 rings (SSSR count). The van der Waals surface area contributed by atoms with E-state index in [0.717, 1.165) is 37.6 Å². The molecule has 1 fully saturated rings. The minimum Gasteiger partial charge on any atom is -0.378 e. The Morgan fingerprint density at radius 3 is 2.80 bits per heavy atom. The van der Waals surface area contributed by atoms with Gasteiger partial charge in [-0.3, -0.25) is 9.20 Å². The molecule has 0 aliphatic carbocycles. The van der Waals surface area contributed by atoms with Gasteiger partial charge in [0.2, 0.25) is 0 Å². The predicted molar refractivity (Wildman–Crippen MR) is 77.4 cm³/mol. The molecule has 0 amide bonds. The standard InChI is InChI=1S/C15H19N3O2/c1-11(2)15(19)13-10-16-14-9-12(3-4-18(13)14)17-5-7-20-8-6-17/h3-4,9-11H,5-8H2,1-2H3. The Kier molecular flexibility index (Phi) is 3.44. The highest BCUT2D eigenvalue weighted by atomic mass is 16.5. The highest BCUT2D eigenvalue weighted by molar-refractivity contribution is 5.96. The van der Waals surface area contributed by atoms with E-state index in [0.29, 0.717) is 5.69 Å². The van der Waals surface area contributed by atoms with Crippen molar-refractivity contribution in [1.29, 1.82) is 0 Å². The van der Waals surface area contributed by atoms with E-state index >= 15 is 0 Å². The fourth-order valence-electron chi connectivity index (χ4n) is 2.47. The summed E-state index contributed by atoms with van der Waals surface area (Å²) in [6.45, 7) is 7.13. The van der Waals surface area contributed by atoms with Gasteiger partial charge in [0.25, 0.3) is 0 Å². The lowest BCUT2D eigenvalue weighted by Crippen LogP contribution is -2.36. The van der Waals surface area contributed by atoms with Crippen LogP contribution < -0.4 is 4.90 Å². The zero-order valence-corrected chi connectivity index (χ0v) is 11.9. The van der Waals surface area contributed by atoms with Gasteiger partial charge in [-0.25, -0.2) is 4.98 Å². The second-order valence-corrected chi connectivity index (χ2v) is 5.37. The van der Waals surface area contributed by atoms with Crippen molar-refractivity contribution in [3.05, 3.63) is 30.2 Å². The molecule has 1 aliphatic heterocycles. The lowest BCUT2D eigenvalue weighted by atomic mass is 10.1. The van der Waals surface area contributed by atoms with Gasteiger partial charge in [0.1, 0.15) is 11.3 Å². The molecule has 0 aromatic carbocycles. The van der Waals surface area contributed by atoms with Gasteiger partial charge >= 0.3 is 0 Å². The quantitative estimate of drug-likeness (QED) is 0.803. The van der Waals surface area contributed by atoms with Gasteiger partial charge in [-0.2, -0.15) is 0 Å². The largest absolute Gasteiger partial charge is 0.378 e. The van der Waals surface area contributed by atoms with E-state index in [9.17, 15) is 4.79 Å². The third-order valence-electron chi connectivity index (χ3n) is 3.65. The Labute approximate surface area is 118 Å². The molecule has 5 nitrogen and oxygen atoms in total. The fraction of sp³-hybridized carbons (Fsp3) is 0.467. The van der Waals surface area contributed by atoms with Gasteiger partial charge in [0.15, 0.2) is 5.78 Å². The van der Waals surface area contributed by atoms with Crippen molar-refractivity contribution in [2.24, 2.45) is 5.92 Å². The fourth-order valence-corrected chi connectivity index (χ4v) is 2.47. The summed E-state index contributed by atoms with van der Waals surface area (Å²) in [4.78, 5) is 18.8. The number of morpholine rings is 1. The van der Waals surface area contributed by atoms with Crippen molar-refractivity contribution in [2.75, 3.05) is 31.2 Å². The summed E-state index contributed by atoms with van der Waals surface area (Å²) in [6.07, 6.45) is 3.60. The van der Waals surface area contributed by atoms with Crippen molar-refractivity contribution >= 4 is 17.1 Å². The van der Waals surface area contributed by atoms with Crippen LogP contribution in [0.3, 0.4) is 0 Å². The van der Waals surface area contributed by atoms with E-state index in [1.807, 2.05) is 36.6 Å². The molecule has 0 N–H and O–H groups in total. The molecule has 1 aliphatic rings. The average molecular weight is 273 g/mol. The molecule has 0 spiro atoms. The van der Waals surface area contributed by atoms with E-state index < -0.39 is 0 Å². The first-order valence-electron chi connectivity index (χ1n) is 7.01. The number of ketones is 1. The van der Waals surface area contributed by atoms with Crippen LogP contribution in [0.25, 0.3) is 5.65 Å². The van der Waals surface area contributed by atoms with Gasteiger partial charge in [0.05, 0.1) is 19.4 Å². The zero-order chi connectivity index (χ0) is 14.1. The van der Waals surface area contributed by atoms with Crippen LogP contribution in [0.1, 0.15) is 24.3 Å². The Balaban J connectivity index is 1.95. The van der Waals surface area contributed by atoms with Crippen LogP contribution in [0.4, 0.5) is 5.69 Å². The minimum atomic E-state index is -0.0196. The maximum Gasteiger partial charge on any atom is 0.183 e. The number of carbonyl (C=O) groups is 1. The van der Waals surface area contributed by atoms with Crippen LogP contribution in [0.5, 0.6) is 0 Å². The normalized spacial score (nSPS) is 16.1. The molecule has 0 radical (unpaired) electrons. The highest BCUT2D eigenvalue weighted by Gasteiger charge is 2.17. The molecular formula is C15H19N3O2. The smallest absolute Gasteiger partial charge is 0.183 e. The first-order chi connectivity index (χ1) is 9.66. The van der Waals surface area contributed by atoms with Crippen LogP contribution in [0.2, 0.25) is 0 Å². The summed E-state index contributed by atoms with van der Waals surface area (Å²) in [7, 11) is 0. The Bertz CT molecular complexity index is 627. The minimum absolute atomic E-state index is 0.0196. The number of nitrogens with zero attached hydrogens (tertiary/aromatic N) is 3. The topological polar surface area (TPSA) is 46.8 Å². The predicted octanol–water partition coefficient (Wildman–Crippen LogP) is 2.01. The van der Waals surface area contributed by atoms with E-state index in [1.54, 1.807) is 6.20 Å². The molecule has 2 aromatic rings. The Morgan fingerprint density at radius 1 is 1.35 bits per heavy atom. The van der Waals surface area contributed by atoms with Gasteiger partial charge in [-0.05, 0) is 6.07 Å². The molecule has 0 atom stereocenters. The third kappa shape index (κ3) is 2.29. The monoisotopic (exact) mass is 273 g/mol. The molecule has 3 heterocycles. The maximum atomic E-state index is 12.1. The molecule has 1 saturated heterocycles. The number of aromatic nitrogens is 2. The number of hydrogen-bond acceptors (Lipinski definition) is 4. The first kappa shape index (κ1) is 13.1. The van der Waals surface area contributed by atoms with Crippen molar-refractivity contribution in [1.82, 2.24) is 9.38 Å². The average Bonchev–Trinajstić information content (AvgIpc) is 2.90. The molecule has 20 heavy (non-hydrogen) atoms. The number of ether oxygens (including phenoxy) is 1. The number of Topliss-reactive ketones (excluding diaryl/α,β-unsaturated/α-hetero) is 1. The van der Waals surface area contributed by atoms with E-state index in [4.69, 9.17) is 4.74 Å². The van der Waals surface area contributed by atoms with Crippen molar-refractivity contribution in [3.8, 4) is 0 Å². The summed E-state index contributed by atoms with van der Waals surface area (Å²) in [5.74, 6) is 0.102. The number of hydrogen-bond donors (Lipinski definition) is 0. The number of pyridine rings is 1. The SMILES string of the molecule is CC(C)C(=O)c1cnc2cc(N3CCOCC3)ccn12. The second-order valence-electron chi connectivity index (χ2n) is 5.37. The van der Waals surface area contributed by atoms with Gasteiger partial charge in [0, 0.05) is 37.0 Å².